The van der Waals surface area contributed by atoms with Crippen LogP contribution in [0.5, 0.6) is 0 Å². The van der Waals surface area contributed by atoms with Gasteiger partial charge in [0.25, 0.3) is 0 Å². The van der Waals surface area contributed by atoms with Crippen LogP contribution < -0.4 is 0 Å². The third kappa shape index (κ3) is 7.42. The molecule has 0 saturated carbocycles. The second kappa shape index (κ2) is 17.9. The van der Waals surface area contributed by atoms with Crippen molar-refractivity contribution in [3.8, 4) is 91.1 Å². The summed E-state index contributed by atoms with van der Waals surface area (Å²) in [6.45, 7) is 7.52. The number of aromatic nitrogens is 5. The van der Waals surface area contributed by atoms with E-state index in [0.29, 0.717) is 34.3 Å². The van der Waals surface area contributed by atoms with E-state index in [0.717, 1.165) is 105 Å². The highest BCUT2D eigenvalue weighted by Crippen LogP contribution is 2.44. The topological polar surface area (TPSA) is 100 Å². The molecule has 3 heterocycles. The number of nitriles is 2. The summed E-state index contributed by atoms with van der Waals surface area (Å²) in [5, 5.41) is 24.6. The summed E-state index contributed by atoms with van der Waals surface area (Å²) >= 11 is 0. The molecule has 10 aromatic carbocycles. The molecule has 0 fully saturated rings. The maximum absolute atomic E-state index is 10.7. The molecule has 0 amide bonds. The van der Waals surface area contributed by atoms with Gasteiger partial charge in [0.05, 0.1) is 63.3 Å². The number of nitrogens with zero attached hydrogens (tertiary/aromatic N) is 8. The van der Waals surface area contributed by atoms with Gasteiger partial charge in [-0.3, -0.25) is 0 Å². The van der Waals surface area contributed by atoms with Gasteiger partial charge in [0.15, 0.2) is 23.2 Å². The van der Waals surface area contributed by atoms with E-state index in [-0.39, 0.29) is 0 Å². The molecule has 0 bridgehead atoms. The highest BCUT2D eigenvalue weighted by Gasteiger charge is 2.23. The van der Waals surface area contributed by atoms with Gasteiger partial charge in [0, 0.05) is 49.4 Å². The maximum Gasteiger partial charge on any atom is 0.187 e. The Kier molecular flexibility index (Phi) is 10.5. The largest absolute Gasteiger partial charge is 0.309 e. The van der Waals surface area contributed by atoms with Crippen LogP contribution in [0.3, 0.4) is 0 Å². The molecule has 0 aliphatic heterocycles. The molecule has 0 aliphatic carbocycles. The highest BCUT2D eigenvalue weighted by molar-refractivity contribution is 6.13. The SMILES string of the molecule is [C-]#[N+]c1ccc(-c2ccc3c(c2)c2ccccc2n3-c2ccc(-c3nc(-c4ccccc4)nc(-c4ccccc4)n3)cc2-c2cc(C#N)ccc2-n2c3ccccc3c3cc(-c4ccc(C#N)cc4)ccc32)cc1. The van der Waals surface area contributed by atoms with E-state index in [4.69, 9.17) is 21.5 Å². The Morgan fingerprint density at radius 3 is 1.26 bits per heavy atom. The lowest BCUT2D eigenvalue weighted by Gasteiger charge is -2.20. The van der Waals surface area contributed by atoms with E-state index in [2.05, 4.69) is 135 Å². The van der Waals surface area contributed by atoms with Crippen LogP contribution in [-0.4, -0.2) is 24.1 Å². The smallest absolute Gasteiger partial charge is 0.187 e. The van der Waals surface area contributed by atoms with Gasteiger partial charge in [-0.05, 0) is 107 Å². The molecular formula is C66H38N8. The number of para-hydroxylation sites is 2. The van der Waals surface area contributed by atoms with Crippen molar-refractivity contribution in [3.63, 3.8) is 0 Å². The monoisotopic (exact) mass is 942 g/mol. The first-order valence-electron chi connectivity index (χ1n) is 24.1. The van der Waals surface area contributed by atoms with Crippen LogP contribution in [0, 0.1) is 29.2 Å². The number of rotatable bonds is 8. The summed E-state index contributed by atoms with van der Waals surface area (Å²) in [6.07, 6.45) is 0. The minimum absolute atomic E-state index is 0.506. The lowest BCUT2D eigenvalue weighted by atomic mass is 9.96. The van der Waals surface area contributed by atoms with Crippen molar-refractivity contribution in [3.05, 3.63) is 253 Å². The predicted octanol–water partition coefficient (Wildman–Crippen LogP) is 16.4. The first kappa shape index (κ1) is 43.3. The minimum atomic E-state index is 0.506. The molecular weight excluding hydrogens is 905 g/mol. The van der Waals surface area contributed by atoms with E-state index in [1.807, 2.05) is 121 Å². The Balaban J connectivity index is 1.09. The molecule has 8 heteroatoms. The van der Waals surface area contributed by atoms with Crippen molar-refractivity contribution in [2.75, 3.05) is 0 Å². The van der Waals surface area contributed by atoms with E-state index in [1.165, 1.54) is 0 Å². The van der Waals surface area contributed by atoms with Crippen molar-refractivity contribution >= 4 is 49.3 Å². The fraction of sp³-hybridized carbons (Fsp3) is 0. The average molecular weight is 943 g/mol. The van der Waals surface area contributed by atoms with Crippen LogP contribution in [0.1, 0.15) is 11.1 Å². The number of hydrogen-bond acceptors (Lipinski definition) is 5. The Bertz CT molecular complexity index is 4430. The van der Waals surface area contributed by atoms with Gasteiger partial charge in [0.2, 0.25) is 0 Å². The van der Waals surface area contributed by atoms with Crippen molar-refractivity contribution in [1.29, 1.82) is 10.5 Å². The van der Waals surface area contributed by atoms with Gasteiger partial charge in [0.1, 0.15) is 0 Å². The molecule has 8 nitrogen and oxygen atoms in total. The predicted molar refractivity (Wildman–Crippen MR) is 297 cm³/mol. The molecule has 0 aliphatic rings. The Labute approximate surface area is 426 Å². The second-order valence-corrected chi connectivity index (χ2v) is 18.1. The quantitative estimate of drug-likeness (QED) is 0.141. The third-order valence-electron chi connectivity index (χ3n) is 13.9. The molecule has 13 aromatic rings. The van der Waals surface area contributed by atoms with Gasteiger partial charge < -0.3 is 9.13 Å². The molecule has 0 N–H and O–H groups in total. The van der Waals surface area contributed by atoms with Crippen molar-refractivity contribution < 1.29 is 0 Å². The Morgan fingerprint density at radius 1 is 0.338 bits per heavy atom. The second-order valence-electron chi connectivity index (χ2n) is 18.1. The normalized spacial score (nSPS) is 11.2. The van der Waals surface area contributed by atoms with Crippen LogP contribution in [0.25, 0.3) is 127 Å². The fourth-order valence-corrected chi connectivity index (χ4v) is 10.3. The zero-order valence-corrected chi connectivity index (χ0v) is 39.5. The standard InChI is InChI=1S/C66H38N8/c1-69-51-30-25-45(26-31-51)49-28-34-62-56(38-49)53-17-9-11-19-59(53)74(62)63-35-29-50(66-71-64(46-12-4-2-5-13-46)70-65(72-66)47-14-6-3-7-15-47)39-57(63)54-36-43(41-68)22-32-60(54)73-58-18-10-8-16-52(58)55-37-48(27-33-61(55)73)44-23-20-42(40-67)21-24-44/h2-39H. The molecule has 74 heavy (non-hydrogen) atoms. The van der Waals surface area contributed by atoms with Gasteiger partial charge in [-0.1, -0.05) is 146 Å². The van der Waals surface area contributed by atoms with E-state index in [1.54, 1.807) is 0 Å². The maximum atomic E-state index is 10.7. The van der Waals surface area contributed by atoms with Crippen LogP contribution in [-0.2, 0) is 0 Å². The zero-order chi connectivity index (χ0) is 49.7. The molecule has 0 unspecified atom stereocenters. The zero-order valence-electron chi connectivity index (χ0n) is 39.5. The van der Waals surface area contributed by atoms with Crippen molar-refractivity contribution in [2.45, 2.75) is 0 Å². The molecule has 13 rings (SSSR count). The molecule has 3 aromatic heterocycles. The minimum Gasteiger partial charge on any atom is -0.309 e. The summed E-state index contributed by atoms with van der Waals surface area (Å²) < 4.78 is 4.63. The van der Waals surface area contributed by atoms with Crippen LogP contribution in [0.4, 0.5) is 5.69 Å². The lowest BCUT2D eigenvalue weighted by Crippen LogP contribution is -2.04. The first-order valence-corrected chi connectivity index (χ1v) is 24.1. The summed E-state index contributed by atoms with van der Waals surface area (Å²) in [5.41, 5.74) is 15.9. The summed E-state index contributed by atoms with van der Waals surface area (Å²) in [4.78, 5) is 19.0. The van der Waals surface area contributed by atoms with E-state index in [9.17, 15) is 10.5 Å². The number of fused-ring (bicyclic) bond motifs is 6. The van der Waals surface area contributed by atoms with Crippen molar-refractivity contribution in [1.82, 2.24) is 24.1 Å². The average Bonchev–Trinajstić information content (AvgIpc) is 4.03. The highest BCUT2D eigenvalue weighted by atomic mass is 15.0. The van der Waals surface area contributed by atoms with Gasteiger partial charge in [-0.15, -0.1) is 0 Å². The van der Waals surface area contributed by atoms with Crippen LogP contribution >= 0.6 is 0 Å². The molecule has 0 spiro atoms. The molecule has 0 atom stereocenters. The number of hydrogen-bond donors (Lipinski definition) is 0. The molecule has 0 saturated heterocycles. The number of benzene rings is 10. The van der Waals surface area contributed by atoms with Crippen LogP contribution in [0.15, 0.2) is 231 Å². The van der Waals surface area contributed by atoms with Crippen LogP contribution in [0.2, 0.25) is 0 Å². The van der Waals surface area contributed by atoms with Gasteiger partial charge in [-0.2, -0.15) is 10.5 Å². The van der Waals surface area contributed by atoms with E-state index < -0.39 is 0 Å². The molecule has 342 valence electrons. The first-order chi connectivity index (χ1) is 36.5. The van der Waals surface area contributed by atoms with Gasteiger partial charge in [-0.25, -0.2) is 19.8 Å². The summed E-state index contributed by atoms with van der Waals surface area (Å²) in [5.74, 6) is 1.62. The molecule has 0 radical (unpaired) electrons. The fourth-order valence-electron chi connectivity index (χ4n) is 10.3. The lowest BCUT2D eigenvalue weighted by molar-refractivity contribution is 1.07. The third-order valence-corrected chi connectivity index (χ3v) is 13.9. The van der Waals surface area contributed by atoms with E-state index >= 15 is 0 Å². The van der Waals surface area contributed by atoms with Crippen molar-refractivity contribution in [2.24, 2.45) is 0 Å². The Hall–Kier alpha value is -10.7. The summed E-state index contributed by atoms with van der Waals surface area (Å²) in [7, 11) is 0. The Morgan fingerprint density at radius 2 is 0.743 bits per heavy atom. The summed E-state index contributed by atoms with van der Waals surface area (Å²) in [6, 6.07) is 82.5. The van der Waals surface area contributed by atoms with Gasteiger partial charge >= 0.3 is 0 Å².